The minimum atomic E-state index is -0.423. The number of hydrogen-bond donors (Lipinski definition) is 2. The first kappa shape index (κ1) is 15.5. The summed E-state index contributed by atoms with van der Waals surface area (Å²) in [5.41, 5.74) is 6.03. The molecule has 1 atom stereocenters. The number of nitrogens with zero attached hydrogens (tertiary/aromatic N) is 4. The van der Waals surface area contributed by atoms with Crippen LogP contribution < -0.4 is 21.1 Å². The van der Waals surface area contributed by atoms with E-state index < -0.39 is 6.10 Å². The molecule has 0 aromatic carbocycles. The summed E-state index contributed by atoms with van der Waals surface area (Å²) in [7, 11) is 4.92. The third-order valence-corrected chi connectivity index (χ3v) is 3.37. The third-order valence-electron chi connectivity index (χ3n) is 3.37. The molecular formula is C12H21N5O4. The van der Waals surface area contributed by atoms with Crippen molar-refractivity contribution in [2.24, 2.45) is 7.05 Å². The number of fused-ring (bicyclic) bond motifs is 1. The Balaban J connectivity index is 2.18. The molecule has 2 heterocycles. The van der Waals surface area contributed by atoms with Crippen LogP contribution in [0, 0.1) is 0 Å². The standard InChI is InChI=1S/C12H21N5O4/c1-15-6-17(7-21-8(4-18)5-20-3)10-9(15)11(19)16(2)12(13)14-10/h8,18H,4-7H2,1-3H3,(H2,13,14). The van der Waals surface area contributed by atoms with Gasteiger partial charge in [-0.2, -0.15) is 4.98 Å². The second kappa shape index (κ2) is 6.29. The Morgan fingerprint density at radius 2 is 2.19 bits per heavy atom. The lowest BCUT2D eigenvalue weighted by atomic mass is 10.4. The number of aromatic nitrogens is 2. The lowest BCUT2D eigenvalue weighted by Crippen LogP contribution is -2.35. The molecule has 0 spiro atoms. The van der Waals surface area contributed by atoms with Gasteiger partial charge in [-0.05, 0) is 0 Å². The molecule has 2 rings (SSSR count). The summed E-state index contributed by atoms with van der Waals surface area (Å²) in [6.07, 6.45) is -0.423. The van der Waals surface area contributed by atoms with Gasteiger partial charge in [0, 0.05) is 21.2 Å². The maximum absolute atomic E-state index is 12.2. The summed E-state index contributed by atoms with van der Waals surface area (Å²) < 4.78 is 11.8. The van der Waals surface area contributed by atoms with Crippen LogP contribution >= 0.6 is 0 Å². The zero-order valence-electron chi connectivity index (χ0n) is 12.4. The van der Waals surface area contributed by atoms with Gasteiger partial charge in [-0.15, -0.1) is 0 Å². The zero-order chi connectivity index (χ0) is 15.6. The van der Waals surface area contributed by atoms with Crippen molar-refractivity contribution in [3.8, 4) is 0 Å². The summed E-state index contributed by atoms with van der Waals surface area (Å²) in [6.45, 7) is 0.799. The number of nitrogen functional groups attached to an aromatic ring is 1. The van der Waals surface area contributed by atoms with Crippen LogP contribution in [-0.4, -0.2) is 61.5 Å². The monoisotopic (exact) mass is 299 g/mol. The van der Waals surface area contributed by atoms with Crippen LogP contribution in [0.2, 0.25) is 0 Å². The molecule has 0 bridgehead atoms. The highest BCUT2D eigenvalue weighted by atomic mass is 16.5. The highest BCUT2D eigenvalue weighted by molar-refractivity contribution is 5.72. The number of ether oxygens (including phenoxy) is 2. The van der Waals surface area contributed by atoms with Gasteiger partial charge in [0.2, 0.25) is 5.95 Å². The molecule has 0 radical (unpaired) electrons. The van der Waals surface area contributed by atoms with Crippen molar-refractivity contribution < 1.29 is 14.6 Å². The molecule has 118 valence electrons. The molecule has 1 aromatic heterocycles. The minimum Gasteiger partial charge on any atom is -0.394 e. The average molecular weight is 299 g/mol. The maximum atomic E-state index is 12.2. The van der Waals surface area contributed by atoms with Crippen LogP contribution in [-0.2, 0) is 16.5 Å². The van der Waals surface area contributed by atoms with Crippen molar-refractivity contribution in [2.75, 3.05) is 56.3 Å². The number of aliphatic hydroxyl groups excluding tert-OH is 1. The molecule has 3 N–H and O–H groups in total. The smallest absolute Gasteiger partial charge is 0.280 e. The van der Waals surface area contributed by atoms with Gasteiger partial charge in [0.05, 0.1) is 19.9 Å². The number of anilines is 3. The molecular weight excluding hydrogens is 278 g/mol. The number of rotatable bonds is 6. The highest BCUT2D eigenvalue weighted by Gasteiger charge is 2.30. The van der Waals surface area contributed by atoms with Crippen molar-refractivity contribution in [1.29, 1.82) is 0 Å². The summed E-state index contributed by atoms with van der Waals surface area (Å²) in [4.78, 5) is 20.0. The molecule has 0 aliphatic carbocycles. The van der Waals surface area contributed by atoms with Gasteiger partial charge >= 0.3 is 0 Å². The number of aliphatic hydroxyl groups is 1. The maximum Gasteiger partial charge on any atom is 0.280 e. The van der Waals surface area contributed by atoms with Crippen LogP contribution in [0.15, 0.2) is 4.79 Å². The molecule has 21 heavy (non-hydrogen) atoms. The second-order valence-electron chi connectivity index (χ2n) is 4.94. The predicted octanol–water partition coefficient (Wildman–Crippen LogP) is -1.44. The fraction of sp³-hybridized carbons (Fsp3) is 0.667. The Bertz CT molecular complexity index is 561. The van der Waals surface area contributed by atoms with Crippen molar-refractivity contribution in [1.82, 2.24) is 9.55 Å². The van der Waals surface area contributed by atoms with E-state index in [4.69, 9.17) is 15.2 Å². The SMILES string of the molecule is COCC(CO)OCN1CN(C)c2c1nc(N)n(C)c2=O. The molecule has 0 saturated heterocycles. The first-order chi connectivity index (χ1) is 9.99. The number of methoxy groups -OCH3 is 1. The summed E-state index contributed by atoms with van der Waals surface area (Å²) in [6, 6.07) is 0. The fourth-order valence-corrected chi connectivity index (χ4v) is 2.18. The Morgan fingerprint density at radius 1 is 1.48 bits per heavy atom. The second-order valence-corrected chi connectivity index (χ2v) is 4.94. The van der Waals surface area contributed by atoms with E-state index in [1.54, 1.807) is 23.9 Å². The molecule has 1 aliphatic heterocycles. The third kappa shape index (κ3) is 2.94. The fourth-order valence-electron chi connectivity index (χ4n) is 2.18. The Labute approximate surface area is 122 Å². The Morgan fingerprint density at radius 3 is 2.81 bits per heavy atom. The molecule has 1 aliphatic rings. The normalized spacial score (nSPS) is 15.4. The molecule has 9 heteroatoms. The van der Waals surface area contributed by atoms with Gasteiger partial charge in [0.25, 0.3) is 5.56 Å². The van der Waals surface area contributed by atoms with Crippen molar-refractivity contribution in [3.63, 3.8) is 0 Å². The van der Waals surface area contributed by atoms with E-state index in [2.05, 4.69) is 4.98 Å². The lowest BCUT2D eigenvalue weighted by Gasteiger charge is -2.22. The van der Waals surface area contributed by atoms with Gasteiger partial charge in [-0.25, -0.2) is 0 Å². The van der Waals surface area contributed by atoms with E-state index in [1.165, 1.54) is 11.7 Å². The van der Waals surface area contributed by atoms with E-state index in [9.17, 15) is 9.90 Å². The van der Waals surface area contributed by atoms with E-state index >= 15 is 0 Å². The highest BCUT2D eigenvalue weighted by Crippen LogP contribution is 2.30. The Kier molecular flexibility index (Phi) is 4.66. The van der Waals surface area contributed by atoms with E-state index in [0.29, 0.717) is 24.8 Å². The van der Waals surface area contributed by atoms with Crippen molar-refractivity contribution in [2.45, 2.75) is 6.10 Å². The van der Waals surface area contributed by atoms with Crippen LogP contribution in [0.4, 0.5) is 17.5 Å². The summed E-state index contributed by atoms with van der Waals surface area (Å²) in [5, 5.41) is 9.18. The number of hydrogen-bond acceptors (Lipinski definition) is 8. The number of nitrogens with two attached hydrogens (primary N) is 1. The molecule has 9 nitrogen and oxygen atoms in total. The first-order valence-corrected chi connectivity index (χ1v) is 6.53. The predicted molar refractivity (Wildman–Crippen MR) is 78.3 cm³/mol. The molecule has 0 saturated carbocycles. The van der Waals surface area contributed by atoms with Gasteiger partial charge in [-0.3, -0.25) is 9.36 Å². The van der Waals surface area contributed by atoms with E-state index in [0.717, 1.165) is 0 Å². The quantitative estimate of drug-likeness (QED) is 0.658. The lowest BCUT2D eigenvalue weighted by molar-refractivity contribution is -0.0303. The minimum absolute atomic E-state index is 0.142. The van der Waals surface area contributed by atoms with Gasteiger partial charge in [-0.1, -0.05) is 0 Å². The van der Waals surface area contributed by atoms with Crippen LogP contribution in [0.1, 0.15) is 0 Å². The molecule has 1 unspecified atom stereocenters. The topological polar surface area (TPSA) is 106 Å². The molecule has 0 fully saturated rings. The molecule has 1 aromatic rings. The summed E-state index contributed by atoms with van der Waals surface area (Å²) in [5.74, 6) is 0.641. The van der Waals surface area contributed by atoms with E-state index in [-0.39, 0.29) is 24.8 Å². The van der Waals surface area contributed by atoms with Crippen LogP contribution in [0.3, 0.4) is 0 Å². The Hall–Kier alpha value is -1.84. The average Bonchev–Trinajstić information content (AvgIpc) is 2.77. The van der Waals surface area contributed by atoms with Gasteiger partial charge < -0.3 is 30.1 Å². The van der Waals surface area contributed by atoms with Crippen molar-refractivity contribution in [3.05, 3.63) is 10.4 Å². The van der Waals surface area contributed by atoms with Gasteiger partial charge in [0.15, 0.2) is 5.82 Å². The molecule has 0 amide bonds. The van der Waals surface area contributed by atoms with Crippen molar-refractivity contribution >= 4 is 17.5 Å². The van der Waals surface area contributed by atoms with Crippen LogP contribution in [0.25, 0.3) is 0 Å². The summed E-state index contributed by atoms with van der Waals surface area (Å²) >= 11 is 0. The van der Waals surface area contributed by atoms with E-state index in [1.807, 2.05) is 0 Å². The van der Waals surface area contributed by atoms with Crippen LogP contribution in [0.5, 0.6) is 0 Å². The zero-order valence-corrected chi connectivity index (χ0v) is 12.4. The largest absolute Gasteiger partial charge is 0.394 e. The first-order valence-electron chi connectivity index (χ1n) is 6.53. The van der Waals surface area contributed by atoms with Gasteiger partial charge in [0.1, 0.15) is 18.5 Å².